The summed E-state index contributed by atoms with van der Waals surface area (Å²) in [5.41, 5.74) is 0. The second-order valence-electron chi connectivity index (χ2n) is 1.62. The number of nitrogens with two attached hydrogens (primary N) is 1. The average molecular weight is 159 g/mol. The first-order chi connectivity index (χ1) is 4.52. The highest BCUT2D eigenvalue weighted by Crippen LogP contribution is 2.21. The number of halogens is 3. The van der Waals surface area contributed by atoms with Crippen LogP contribution in [-0.4, -0.2) is 26.0 Å². The lowest BCUT2D eigenvalue weighted by atomic mass is 10.4. The van der Waals surface area contributed by atoms with Crippen molar-refractivity contribution in [2.24, 2.45) is 5.90 Å². The van der Waals surface area contributed by atoms with Gasteiger partial charge in [-0.05, 0) is 0 Å². The highest BCUT2D eigenvalue weighted by Gasteiger charge is 2.40. The molecule has 2 N–H and O–H groups in total. The first-order valence-electron chi connectivity index (χ1n) is 2.43. The summed E-state index contributed by atoms with van der Waals surface area (Å²) in [4.78, 5) is 3.61. The highest BCUT2D eigenvalue weighted by atomic mass is 19.4. The van der Waals surface area contributed by atoms with Gasteiger partial charge in [-0.3, -0.25) is 4.84 Å². The Balaban J connectivity index is 3.81. The number of ether oxygens (including phenoxy) is 1. The summed E-state index contributed by atoms with van der Waals surface area (Å²) in [5, 5.41) is 0. The van der Waals surface area contributed by atoms with Gasteiger partial charge in [-0.1, -0.05) is 0 Å². The van der Waals surface area contributed by atoms with Crippen LogP contribution in [0.5, 0.6) is 0 Å². The molecule has 0 radical (unpaired) electrons. The van der Waals surface area contributed by atoms with Crippen molar-refractivity contribution in [1.29, 1.82) is 0 Å². The van der Waals surface area contributed by atoms with Crippen LogP contribution in [0.1, 0.15) is 0 Å². The molecule has 0 fully saturated rings. The summed E-state index contributed by atoms with van der Waals surface area (Å²) in [5.74, 6) is 4.34. The number of methoxy groups -OCH3 is 1. The van der Waals surface area contributed by atoms with Gasteiger partial charge in [0.25, 0.3) is 0 Å². The van der Waals surface area contributed by atoms with Crippen LogP contribution in [0.2, 0.25) is 0 Å². The van der Waals surface area contributed by atoms with E-state index in [0.717, 1.165) is 7.11 Å². The third kappa shape index (κ3) is 3.00. The lowest BCUT2D eigenvalue weighted by molar-refractivity contribution is -0.233. The van der Waals surface area contributed by atoms with E-state index in [-0.39, 0.29) is 0 Å². The molecule has 62 valence electrons. The van der Waals surface area contributed by atoms with E-state index in [0.29, 0.717) is 0 Å². The fraction of sp³-hybridized carbons (Fsp3) is 1.00. The van der Waals surface area contributed by atoms with Crippen LogP contribution in [0.25, 0.3) is 0 Å². The summed E-state index contributed by atoms with van der Waals surface area (Å²) in [6.07, 6.45) is -6.48. The molecule has 0 amide bonds. The van der Waals surface area contributed by atoms with Gasteiger partial charge in [0.15, 0.2) is 6.10 Å². The van der Waals surface area contributed by atoms with Crippen LogP contribution in [0, 0.1) is 0 Å². The van der Waals surface area contributed by atoms with Gasteiger partial charge in [0.05, 0.1) is 6.61 Å². The van der Waals surface area contributed by atoms with E-state index < -0.39 is 18.9 Å². The molecule has 0 rings (SSSR count). The van der Waals surface area contributed by atoms with Crippen molar-refractivity contribution in [2.45, 2.75) is 12.3 Å². The number of rotatable bonds is 3. The van der Waals surface area contributed by atoms with Gasteiger partial charge in [-0.15, -0.1) is 0 Å². The lowest BCUT2D eigenvalue weighted by Crippen LogP contribution is -2.37. The van der Waals surface area contributed by atoms with E-state index >= 15 is 0 Å². The molecule has 0 heterocycles. The molecule has 0 aliphatic rings. The van der Waals surface area contributed by atoms with Crippen LogP contribution in [0.4, 0.5) is 13.2 Å². The van der Waals surface area contributed by atoms with E-state index in [1.807, 2.05) is 0 Å². The van der Waals surface area contributed by atoms with Crippen molar-refractivity contribution < 1.29 is 22.7 Å². The van der Waals surface area contributed by atoms with E-state index in [2.05, 4.69) is 15.5 Å². The van der Waals surface area contributed by atoms with Crippen molar-refractivity contribution in [3.05, 3.63) is 0 Å². The minimum atomic E-state index is -4.45. The average Bonchev–Trinajstić information content (AvgIpc) is 1.80. The Hall–Kier alpha value is -0.330. The Morgan fingerprint density at radius 3 is 2.10 bits per heavy atom. The SMILES string of the molecule is COCC(ON)C(F)(F)F. The second-order valence-corrected chi connectivity index (χ2v) is 1.62. The monoisotopic (exact) mass is 159 g/mol. The van der Waals surface area contributed by atoms with Crippen LogP contribution in [-0.2, 0) is 9.57 Å². The normalized spacial score (nSPS) is 15.3. The minimum absolute atomic E-state index is 0.583. The number of alkyl halides is 3. The molecule has 0 aromatic rings. The summed E-state index contributed by atoms with van der Waals surface area (Å²) < 4.78 is 39.1. The van der Waals surface area contributed by atoms with Crippen molar-refractivity contribution >= 4 is 0 Å². The third-order valence-electron chi connectivity index (χ3n) is 0.847. The fourth-order valence-electron chi connectivity index (χ4n) is 0.362. The van der Waals surface area contributed by atoms with Gasteiger partial charge in [-0.25, -0.2) is 5.90 Å². The second kappa shape index (κ2) is 3.75. The van der Waals surface area contributed by atoms with Gasteiger partial charge in [0.1, 0.15) is 0 Å². The molecule has 10 heavy (non-hydrogen) atoms. The maximum Gasteiger partial charge on any atom is 0.418 e. The Labute approximate surface area is 55.9 Å². The molecule has 0 spiro atoms. The van der Waals surface area contributed by atoms with Crippen LogP contribution < -0.4 is 5.90 Å². The summed E-state index contributed by atoms with van der Waals surface area (Å²) in [7, 11) is 1.14. The predicted octanol–water partition coefficient (Wildman–Crippen LogP) is 0.454. The largest absolute Gasteiger partial charge is 0.418 e. The van der Waals surface area contributed by atoms with Crippen molar-refractivity contribution in [3.63, 3.8) is 0 Å². The molecule has 3 nitrogen and oxygen atoms in total. The number of hydrogen-bond acceptors (Lipinski definition) is 3. The van der Waals surface area contributed by atoms with Crippen molar-refractivity contribution in [3.8, 4) is 0 Å². The molecule has 0 saturated heterocycles. The van der Waals surface area contributed by atoms with Gasteiger partial charge >= 0.3 is 6.18 Å². The zero-order valence-electron chi connectivity index (χ0n) is 5.31. The minimum Gasteiger partial charge on any atom is -0.382 e. The van der Waals surface area contributed by atoms with Crippen LogP contribution >= 0.6 is 0 Å². The number of hydrogen-bond donors (Lipinski definition) is 1. The quantitative estimate of drug-likeness (QED) is 0.608. The lowest BCUT2D eigenvalue weighted by Gasteiger charge is -2.15. The van der Waals surface area contributed by atoms with Crippen LogP contribution in [0.15, 0.2) is 0 Å². The highest BCUT2D eigenvalue weighted by molar-refractivity contribution is 4.64. The molecule has 1 unspecified atom stereocenters. The smallest absolute Gasteiger partial charge is 0.382 e. The van der Waals surface area contributed by atoms with Gasteiger partial charge in [0.2, 0.25) is 0 Å². The summed E-state index contributed by atoms with van der Waals surface area (Å²) in [6, 6.07) is 0. The molecule has 0 aromatic carbocycles. The Bertz CT molecular complexity index is 95.0. The van der Waals surface area contributed by atoms with Crippen LogP contribution in [0.3, 0.4) is 0 Å². The first kappa shape index (κ1) is 9.67. The topological polar surface area (TPSA) is 44.5 Å². The van der Waals surface area contributed by atoms with Gasteiger partial charge in [0, 0.05) is 7.11 Å². The standard InChI is InChI=1S/C4H8F3NO2/c1-9-2-3(10-8)4(5,6)7/h3H,2,8H2,1H3. The molecular formula is C4H8F3NO2. The summed E-state index contributed by atoms with van der Waals surface area (Å²) in [6.45, 7) is -0.583. The molecule has 0 aliphatic carbocycles. The molecule has 0 bridgehead atoms. The van der Waals surface area contributed by atoms with Gasteiger partial charge < -0.3 is 4.74 Å². The zero-order valence-corrected chi connectivity index (χ0v) is 5.31. The van der Waals surface area contributed by atoms with E-state index in [4.69, 9.17) is 0 Å². The van der Waals surface area contributed by atoms with E-state index in [1.54, 1.807) is 0 Å². The molecule has 1 atom stereocenters. The maximum atomic E-state index is 11.6. The molecule has 0 aliphatic heterocycles. The zero-order chi connectivity index (χ0) is 8.20. The maximum absolute atomic E-state index is 11.6. The summed E-state index contributed by atoms with van der Waals surface area (Å²) >= 11 is 0. The predicted molar refractivity (Wildman–Crippen MR) is 27.0 cm³/mol. The molecule has 0 saturated carbocycles. The molecule has 0 aromatic heterocycles. The van der Waals surface area contributed by atoms with Gasteiger partial charge in [-0.2, -0.15) is 13.2 Å². The Morgan fingerprint density at radius 2 is 2.00 bits per heavy atom. The Morgan fingerprint density at radius 1 is 1.50 bits per heavy atom. The Kier molecular flexibility index (Phi) is 3.62. The third-order valence-corrected chi connectivity index (χ3v) is 0.847. The first-order valence-corrected chi connectivity index (χ1v) is 2.43. The molecular weight excluding hydrogens is 151 g/mol. The molecule has 6 heteroatoms. The fourth-order valence-corrected chi connectivity index (χ4v) is 0.362. The van der Waals surface area contributed by atoms with Crippen molar-refractivity contribution in [1.82, 2.24) is 0 Å². The van der Waals surface area contributed by atoms with Crippen molar-refractivity contribution in [2.75, 3.05) is 13.7 Å². The van der Waals surface area contributed by atoms with E-state index in [9.17, 15) is 13.2 Å². The van der Waals surface area contributed by atoms with E-state index in [1.165, 1.54) is 0 Å².